The molecule has 0 spiro atoms. The van der Waals surface area contributed by atoms with E-state index >= 15 is 0 Å². The predicted octanol–water partition coefficient (Wildman–Crippen LogP) is 3.33. The molecule has 2 nitrogen and oxygen atoms in total. The first-order chi connectivity index (χ1) is 9.07. The minimum atomic E-state index is -4.07. The summed E-state index contributed by atoms with van der Waals surface area (Å²) in [6.45, 7) is 0.585. The molecule has 2 unspecified atom stereocenters. The maximum absolute atomic E-state index is 12.9. The van der Waals surface area contributed by atoms with Gasteiger partial charge in [-0.1, -0.05) is 12.8 Å². The van der Waals surface area contributed by atoms with E-state index in [2.05, 4.69) is 10.3 Å². The van der Waals surface area contributed by atoms with Gasteiger partial charge in [0.15, 0.2) is 0 Å². The lowest BCUT2D eigenvalue weighted by Crippen LogP contribution is -2.46. The Balaban J connectivity index is 1.83. The molecule has 1 aliphatic carbocycles. The van der Waals surface area contributed by atoms with Crippen LogP contribution in [0, 0.1) is 5.92 Å². The summed E-state index contributed by atoms with van der Waals surface area (Å²) in [4.78, 5) is 3.92. The summed E-state index contributed by atoms with van der Waals surface area (Å²) in [5.74, 6) is -1.18. The fraction of sp³-hybridized carbons (Fsp3) is 0.643. The molecule has 0 aliphatic heterocycles. The molecule has 1 fully saturated rings. The molecular formula is C14H19F3N2. The molecule has 5 heteroatoms. The number of nitrogens with one attached hydrogen (secondary N) is 1. The van der Waals surface area contributed by atoms with Crippen LogP contribution in [0.1, 0.15) is 31.2 Å². The average molecular weight is 272 g/mol. The zero-order chi connectivity index (χ0) is 13.7. The Kier molecular flexibility index (Phi) is 4.80. The van der Waals surface area contributed by atoms with Crippen molar-refractivity contribution in [3.63, 3.8) is 0 Å². The maximum Gasteiger partial charge on any atom is 0.393 e. The van der Waals surface area contributed by atoms with Crippen LogP contribution in [0.15, 0.2) is 24.5 Å². The summed E-state index contributed by atoms with van der Waals surface area (Å²) in [6, 6.07) is 3.36. The number of hydrogen-bond donors (Lipinski definition) is 1. The highest BCUT2D eigenvalue weighted by molar-refractivity contribution is 5.09. The zero-order valence-electron chi connectivity index (χ0n) is 10.8. The van der Waals surface area contributed by atoms with Crippen LogP contribution in [0.4, 0.5) is 13.2 Å². The van der Waals surface area contributed by atoms with Gasteiger partial charge in [0.1, 0.15) is 0 Å². The fourth-order valence-electron chi connectivity index (χ4n) is 2.72. The SMILES string of the molecule is FC(F)(F)C1CCCCC1NCCc1ccncc1. The molecule has 0 aromatic carbocycles. The van der Waals surface area contributed by atoms with E-state index in [-0.39, 0.29) is 6.42 Å². The molecule has 19 heavy (non-hydrogen) atoms. The van der Waals surface area contributed by atoms with Gasteiger partial charge in [0.25, 0.3) is 0 Å². The van der Waals surface area contributed by atoms with Crippen LogP contribution < -0.4 is 5.32 Å². The van der Waals surface area contributed by atoms with E-state index in [9.17, 15) is 13.2 Å². The molecule has 1 aromatic rings. The van der Waals surface area contributed by atoms with E-state index in [1.165, 1.54) is 0 Å². The van der Waals surface area contributed by atoms with Crippen molar-refractivity contribution < 1.29 is 13.2 Å². The van der Waals surface area contributed by atoms with Crippen LogP contribution >= 0.6 is 0 Å². The normalized spacial score (nSPS) is 24.4. The van der Waals surface area contributed by atoms with Crippen LogP contribution in [0.2, 0.25) is 0 Å². The molecule has 0 radical (unpaired) electrons. The lowest BCUT2D eigenvalue weighted by molar-refractivity contribution is -0.188. The Labute approximate surface area is 111 Å². The van der Waals surface area contributed by atoms with Gasteiger partial charge >= 0.3 is 6.18 Å². The highest BCUT2D eigenvalue weighted by Crippen LogP contribution is 2.37. The number of halogens is 3. The van der Waals surface area contributed by atoms with Gasteiger partial charge < -0.3 is 5.32 Å². The van der Waals surface area contributed by atoms with Gasteiger partial charge in [-0.05, 0) is 43.5 Å². The van der Waals surface area contributed by atoms with Crippen LogP contribution in [-0.4, -0.2) is 23.7 Å². The molecule has 2 atom stereocenters. The predicted molar refractivity (Wildman–Crippen MR) is 67.7 cm³/mol. The summed E-state index contributed by atoms with van der Waals surface area (Å²) in [7, 11) is 0. The quantitative estimate of drug-likeness (QED) is 0.909. The van der Waals surface area contributed by atoms with Crippen molar-refractivity contribution in [3.05, 3.63) is 30.1 Å². The molecule has 1 N–H and O–H groups in total. The Morgan fingerprint density at radius 2 is 1.84 bits per heavy atom. The van der Waals surface area contributed by atoms with Gasteiger partial charge in [-0.2, -0.15) is 13.2 Å². The second kappa shape index (κ2) is 6.37. The number of rotatable bonds is 4. The van der Waals surface area contributed by atoms with Crippen molar-refractivity contribution in [2.75, 3.05) is 6.54 Å². The van der Waals surface area contributed by atoms with Gasteiger partial charge in [0.2, 0.25) is 0 Å². The third kappa shape index (κ3) is 4.20. The van der Waals surface area contributed by atoms with Crippen molar-refractivity contribution in [3.8, 4) is 0 Å². The van der Waals surface area contributed by atoms with Gasteiger partial charge in [0.05, 0.1) is 5.92 Å². The second-order valence-corrected chi connectivity index (χ2v) is 5.10. The molecule has 2 rings (SSSR count). The maximum atomic E-state index is 12.9. The minimum Gasteiger partial charge on any atom is -0.313 e. The van der Waals surface area contributed by atoms with E-state index in [0.29, 0.717) is 19.4 Å². The van der Waals surface area contributed by atoms with Gasteiger partial charge in [-0.15, -0.1) is 0 Å². The molecule has 1 heterocycles. The molecule has 106 valence electrons. The number of nitrogens with zero attached hydrogens (tertiary/aromatic N) is 1. The average Bonchev–Trinajstić information content (AvgIpc) is 2.39. The minimum absolute atomic E-state index is 0.260. The molecule has 1 aliphatic rings. The first kappa shape index (κ1) is 14.3. The summed E-state index contributed by atoms with van der Waals surface area (Å²) >= 11 is 0. The second-order valence-electron chi connectivity index (χ2n) is 5.10. The largest absolute Gasteiger partial charge is 0.393 e. The number of hydrogen-bond acceptors (Lipinski definition) is 2. The van der Waals surface area contributed by atoms with Gasteiger partial charge in [0, 0.05) is 18.4 Å². The summed E-state index contributed by atoms with van der Waals surface area (Å²) < 4.78 is 38.7. The van der Waals surface area contributed by atoms with Crippen LogP contribution in [0.3, 0.4) is 0 Å². The monoisotopic (exact) mass is 272 g/mol. The van der Waals surface area contributed by atoms with E-state index in [1.807, 2.05) is 12.1 Å². The topological polar surface area (TPSA) is 24.9 Å². The van der Waals surface area contributed by atoms with Gasteiger partial charge in [-0.25, -0.2) is 0 Å². The van der Waals surface area contributed by atoms with Crippen molar-refractivity contribution in [1.82, 2.24) is 10.3 Å². The molecular weight excluding hydrogens is 253 g/mol. The lowest BCUT2D eigenvalue weighted by atomic mass is 9.84. The molecule has 0 bridgehead atoms. The summed E-state index contributed by atoms with van der Waals surface area (Å²) in [5.41, 5.74) is 1.10. The number of alkyl halides is 3. The van der Waals surface area contributed by atoms with Crippen molar-refractivity contribution >= 4 is 0 Å². The molecule has 1 aromatic heterocycles. The van der Waals surface area contributed by atoms with Crippen LogP contribution in [0.25, 0.3) is 0 Å². The van der Waals surface area contributed by atoms with E-state index in [1.54, 1.807) is 12.4 Å². The van der Waals surface area contributed by atoms with E-state index < -0.39 is 18.1 Å². The molecule has 0 saturated heterocycles. The number of aromatic nitrogens is 1. The van der Waals surface area contributed by atoms with E-state index in [4.69, 9.17) is 0 Å². The third-order valence-electron chi connectivity index (χ3n) is 3.76. The first-order valence-electron chi connectivity index (χ1n) is 6.76. The van der Waals surface area contributed by atoms with E-state index in [0.717, 1.165) is 18.4 Å². The summed E-state index contributed by atoms with van der Waals surface area (Å²) in [5, 5.41) is 3.09. The smallest absolute Gasteiger partial charge is 0.313 e. The highest BCUT2D eigenvalue weighted by atomic mass is 19.4. The van der Waals surface area contributed by atoms with Crippen molar-refractivity contribution in [2.24, 2.45) is 5.92 Å². The Morgan fingerprint density at radius 3 is 2.53 bits per heavy atom. The Hall–Kier alpha value is -1.10. The van der Waals surface area contributed by atoms with Crippen molar-refractivity contribution in [2.45, 2.75) is 44.3 Å². The molecule has 0 amide bonds. The van der Waals surface area contributed by atoms with Crippen LogP contribution in [-0.2, 0) is 6.42 Å². The lowest BCUT2D eigenvalue weighted by Gasteiger charge is -2.33. The standard InChI is InChI=1S/C14H19F3N2/c15-14(16,17)12-3-1-2-4-13(12)19-10-7-11-5-8-18-9-6-11/h5-6,8-9,12-13,19H,1-4,7,10H2. The highest BCUT2D eigenvalue weighted by Gasteiger charge is 2.45. The number of pyridine rings is 1. The Morgan fingerprint density at radius 1 is 1.16 bits per heavy atom. The van der Waals surface area contributed by atoms with Crippen LogP contribution in [0.5, 0.6) is 0 Å². The Bertz CT molecular complexity index is 378. The fourth-order valence-corrected chi connectivity index (χ4v) is 2.72. The zero-order valence-corrected chi connectivity index (χ0v) is 10.8. The van der Waals surface area contributed by atoms with Gasteiger partial charge in [-0.3, -0.25) is 4.98 Å². The van der Waals surface area contributed by atoms with Crippen molar-refractivity contribution in [1.29, 1.82) is 0 Å². The summed E-state index contributed by atoms with van der Waals surface area (Å²) in [6.07, 6.45) is 2.53. The first-order valence-corrected chi connectivity index (χ1v) is 6.76. The molecule has 1 saturated carbocycles. The third-order valence-corrected chi connectivity index (χ3v) is 3.76.